The van der Waals surface area contributed by atoms with E-state index in [4.69, 9.17) is 4.74 Å². The summed E-state index contributed by atoms with van der Waals surface area (Å²) in [5.74, 6) is -0.201. The Bertz CT molecular complexity index is 493. The average Bonchev–Trinajstić information content (AvgIpc) is 2.92. The molecule has 21 heavy (non-hydrogen) atoms. The molecule has 2 atom stereocenters. The number of halogens is 3. The molecular weight excluding hydrogens is 279 g/mol. The molecule has 116 valence electrons. The molecule has 1 aromatic carbocycles. The lowest BCUT2D eigenvalue weighted by Gasteiger charge is -2.31. The minimum Gasteiger partial charge on any atom is -0.493 e. The third-order valence-corrected chi connectivity index (χ3v) is 4.51. The number of alkyl halides is 3. The Balaban J connectivity index is 1.48. The van der Waals surface area contributed by atoms with E-state index in [0.29, 0.717) is 6.42 Å². The van der Waals surface area contributed by atoms with E-state index in [1.807, 2.05) is 6.07 Å². The third kappa shape index (κ3) is 3.51. The van der Waals surface area contributed by atoms with E-state index in [1.165, 1.54) is 11.1 Å². The predicted octanol–water partition coefficient (Wildman–Crippen LogP) is 3.48. The lowest BCUT2D eigenvalue weighted by Crippen LogP contribution is -2.44. The summed E-state index contributed by atoms with van der Waals surface area (Å²) in [4.78, 5) is 0. The summed E-state index contributed by atoms with van der Waals surface area (Å²) in [5.41, 5.74) is 2.50. The van der Waals surface area contributed by atoms with Crippen LogP contribution in [0.15, 0.2) is 18.2 Å². The van der Waals surface area contributed by atoms with E-state index < -0.39 is 12.1 Å². The molecule has 0 spiro atoms. The lowest BCUT2D eigenvalue weighted by molar-refractivity contribution is -0.179. The smallest absolute Gasteiger partial charge is 0.393 e. The largest absolute Gasteiger partial charge is 0.493 e. The van der Waals surface area contributed by atoms with E-state index in [9.17, 15) is 13.2 Å². The standard InChI is InChI=1S/C16H20F3NO/c17-16(18,19)13-3-5-14(20-10-13)4-1-11-2-6-15-12(9-11)7-8-21-15/h2,6,9,13-14,20H,1,3-5,7-8,10H2. The second-order valence-corrected chi connectivity index (χ2v) is 6.00. The van der Waals surface area contributed by atoms with Gasteiger partial charge in [0, 0.05) is 19.0 Å². The zero-order chi connectivity index (χ0) is 14.9. The van der Waals surface area contributed by atoms with Crippen molar-refractivity contribution in [1.29, 1.82) is 0 Å². The van der Waals surface area contributed by atoms with Crippen LogP contribution in [0, 0.1) is 5.92 Å². The topological polar surface area (TPSA) is 21.3 Å². The molecule has 2 aliphatic rings. The highest BCUT2D eigenvalue weighted by molar-refractivity contribution is 5.39. The van der Waals surface area contributed by atoms with Gasteiger partial charge in [-0.2, -0.15) is 13.2 Å². The van der Waals surface area contributed by atoms with E-state index in [-0.39, 0.29) is 19.0 Å². The molecule has 1 fully saturated rings. The Morgan fingerprint density at radius 2 is 2.10 bits per heavy atom. The average molecular weight is 299 g/mol. The summed E-state index contributed by atoms with van der Waals surface area (Å²) in [7, 11) is 0. The maximum Gasteiger partial charge on any atom is 0.393 e. The van der Waals surface area contributed by atoms with Gasteiger partial charge in [0.15, 0.2) is 0 Å². The van der Waals surface area contributed by atoms with Crippen molar-refractivity contribution in [2.75, 3.05) is 13.2 Å². The first-order valence-electron chi connectivity index (χ1n) is 7.57. The number of aryl methyl sites for hydroxylation is 1. The van der Waals surface area contributed by atoms with E-state index in [0.717, 1.165) is 31.6 Å². The van der Waals surface area contributed by atoms with Crippen LogP contribution in [0.25, 0.3) is 0 Å². The van der Waals surface area contributed by atoms with Crippen LogP contribution < -0.4 is 10.1 Å². The molecule has 3 rings (SSSR count). The summed E-state index contributed by atoms with van der Waals surface area (Å²) in [6, 6.07) is 6.44. The van der Waals surface area contributed by atoms with Gasteiger partial charge in [-0.1, -0.05) is 12.1 Å². The van der Waals surface area contributed by atoms with Crippen LogP contribution in [0.5, 0.6) is 5.75 Å². The molecule has 0 aliphatic carbocycles. The summed E-state index contributed by atoms with van der Waals surface area (Å²) >= 11 is 0. The van der Waals surface area contributed by atoms with E-state index in [2.05, 4.69) is 17.4 Å². The highest BCUT2D eigenvalue weighted by atomic mass is 19.4. The molecule has 2 unspecified atom stereocenters. The molecule has 1 aromatic rings. The zero-order valence-corrected chi connectivity index (χ0v) is 11.9. The summed E-state index contributed by atoms with van der Waals surface area (Å²) in [5, 5.41) is 3.05. The van der Waals surface area contributed by atoms with Gasteiger partial charge in [-0.15, -0.1) is 0 Å². The maximum absolute atomic E-state index is 12.6. The molecule has 0 radical (unpaired) electrons. The van der Waals surface area contributed by atoms with Crippen molar-refractivity contribution in [2.24, 2.45) is 5.92 Å². The summed E-state index contributed by atoms with van der Waals surface area (Å²) in [6.45, 7) is 0.813. The van der Waals surface area contributed by atoms with Crippen LogP contribution in [-0.2, 0) is 12.8 Å². The number of nitrogens with one attached hydrogen (secondary N) is 1. The van der Waals surface area contributed by atoms with Crippen LogP contribution in [0.3, 0.4) is 0 Å². The minimum atomic E-state index is -4.06. The number of ether oxygens (including phenoxy) is 1. The fraction of sp³-hybridized carbons (Fsp3) is 0.625. The zero-order valence-electron chi connectivity index (χ0n) is 11.9. The molecule has 5 heteroatoms. The Morgan fingerprint density at radius 3 is 2.81 bits per heavy atom. The van der Waals surface area contributed by atoms with Gasteiger partial charge in [0.1, 0.15) is 5.75 Å². The fourth-order valence-electron chi connectivity index (χ4n) is 3.18. The predicted molar refractivity (Wildman–Crippen MR) is 74.5 cm³/mol. The summed E-state index contributed by atoms with van der Waals surface area (Å²) in [6.07, 6.45) is -0.445. The monoisotopic (exact) mass is 299 g/mol. The normalized spacial score (nSPS) is 25.5. The van der Waals surface area contributed by atoms with E-state index >= 15 is 0 Å². The fourth-order valence-corrected chi connectivity index (χ4v) is 3.18. The van der Waals surface area contributed by atoms with Gasteiger partial charge in [0.05, 0.1) is 12.5 Å². The highest BCUT2D eigenvalue weighted by Gasteiger charge is 2.41. The van der Waals surface area contributed by atoms with Crippen molar-refractivity contribution >= 4 is 0 Å². The van der Waals surface area contributed by atoms with Gasteiger partial charge in [-0.25, -0.2) is 0 Å². The third-order valence-electron chi connectivity index (χ3n) is 4.51. The van der Waals surface area contributed by atoms with Crippen LogP contribution in [0.1, 0.15) is 30.4 Å². The van der Waals surface area contributed by atoms with Crippen molar-refractivity contribution in [3.05, 3.63) is 29.3 Å². The van der Waals surface area contributed by atoms with Crippen LogP contribution in [-0.4, -0.2) is 25.4 Å². The number of fused-ring (bicyclic) bond motifs is 1. The number of rotatable bonds is 3. The highest BCUT2D eigenvalue weighted by Crippen LogP contribution is 2.33. The van der Waals surface area contributed by atoms with Crippen molar-refractivity contribution in [1.82, 2.24) is 5.32 Å². The first kappa shape index (κ1) is 14.7. The molecule has 1 N–H and O–H groups in total. The van der Waals surface area contributed by atoms with Crippen LogP contribution in [0.4, 0.5) is 13.2 Å². The van der Waals surface area contributed by atoms with E-state index in [1.54, 1.807) is 0 Å². The molecule has 1 saturated heterocycles. The molecular formula is C16H20F3NO. The van der Waals surface area contributed by atoms with Crippen LogP contribution in [0.2, 0.25) is 0 Å². The molecule has 2 aliphatic heterocycles. The summed E-state index contributed by atoms with van der Waals surface area (Å²) < 4.78 is 43.3. The quantitative estimate of drug-likeness (QED) is 0.922. The van der Waals surface area contributed by atoms with Gasteiger partial charge in [0.2, 0.25) is 0 Å². The molecule has 2 nitrogen and oxygen atoms in total. The van der Waals surface area contributed by atoms with Gasteiger partial charge >= 0.3 is 6.18 Å². The SMILES string of the molecule is FC(F)(F)C1CCC(CCc2ccc3c(c2)CCO3)NC1. The Labute approximate surface area is 122 Å². The lowest BCUT2D eigenvalue weighted by atomic mass is 9.91. The van der Waals surface area contributed by atoms with Crippen molar-refractivity contribution in [3.63, 3.8) is 0 Å². The Hall–Kier alpha value is -1.23. The molecule has 0 amide bonds. The molecule has 0 bridgehead atoms. The molecule has 0 saturated carbocycles. The van der Waals surface area contributed by atoms with Crippen molar-refractivity contribution in [3.8, 4) is 5.75 Å². The first-order chi connectivity index (χ1) is 10.0. The van der Waals surface area contributed by atoms with Gasteiger partial charge < -0.3 is 10.1 Å². The van der Waals surface area contributed by atoms with Gasteiger partial charge in [-0.05, 0) is 42.9 Å². The number of benzene rings is 1. The molecule has 2 heterocycles. The van der Waals surface area contributed by atoms with Crippen LogP contribution >= 0.6 is 0 Å². The van der Waals surface area contributed by atoms with Gasteiger partial charge in [0.25, 0.3) is 0 Å². The Morgan fingerprint density at radius 1 is 1.24 bits per heavy atom. The minimum absolute atomic E-state index is 0.0617. The molecule has 0 aromatic heterocycles. The number of hydrogen-bond acceptors (Lipinski definition) is 2. The first-order valence-corrected chi connectivity index (χ1v) is 7.57. The number of piperidine rings is 1. The number of hydrogen-bond donors (Lipinski definition) is 1. The maximum atomic E-state index is 12.6. The second-order valence-electron chi connectivity index (χ2n) is 6.00. The second kappa shape index (κ2) is 5.87. The van der Waals surface area contributed by atoms with Gasteiger partial charge in [-0.3, -0.25) is 0 Å². The van der Waals surface area contributed by atoms with Crippen molar-refractivity contribution in [2.45, 2.75) is 44.3 Å². The Kier molecular flexibility index (Phi) is 4.11. The van der Waals surface area contributed by atoms with Crippen molar-refractivity contribution < 1.29 is 17.9 Å².